The Labute approximate surface area is 314 Å². The lowest BCUT2D eigenvalue weighted by Gasteiger charge is -2.30. The molecule has 0 aliphatic carbocycles. The Morgan fingerprint density at radius 3 is 1.65 bits per heavy atom. The van der Waals surface area contributed by atoms with E-state index in [-0.39, 0.29) is 0 Å². The summed E-state index contributed by atoms with van der Waals surface area (Å²) in [6.07, 6.45) is 0. The Bertz CT molecular complexity index is 2920. The van der Waals surface area contributed by atoms with Crippen molar-refractivity contribution in [3.63, 3.8) is 0 Å². The molecule has 0 fully saturated rings. The highest BCUT2D eigenvalue weighted by molar-refractivity contribution is 6.12. The maximum absolute atomic E-state index is 6.27. The van der Waals surface area contributed by atoms with Gasteiger partial charge < -0.3 is 9.32 Å². The third-order valence-electron chi connectivity index (χ3n) is 10.5. The molecule has 0 radical (unpaired) electrons. The van der Waals surface area contributed by atoms with Crippen LogP contribution in [-0.4, -0.2) is 0 Å². The fraction of sp³-hybridized carbons (Fsp3) is 0. The largest absolute Gasteiger partial charge is 0.456 e. The molecule has 10 aromatic rings. The van der Waals surface area contributed by atoms with Crippen molar-refractivity contribution >= 4 is 49.8 Å². The van der Waals surface area contributed by atoms with Gasteiger partial charge in [-0.2, -0.15) is 0 Å². The normalized spacial score (nSPS) is 11.3. The Morgan fingerprint density at radius 2 is 0.852 bits per heavy atom. The second-order valence-corrected chi connectivity index (χ2v) is 13.7. The molecule has 0 amide bonds. The van der Waals surface area contributed by atoms with Crippen LogP contribution in [0.2, 0.25) is 0 Å². The summed E-state index contributed by atoms with van der Waals surface area (Å²) >= 11 is 0. The van der Waals surface area contributed by atoms with Crippen molar-refractivity contribution in [1.29, 1.82) is 0 Å². The summed E-state index contributed by atoms with van der Waals surface area (Å²) in [6, 6.07) is 76.0. The van der Waals surface area contributed by atoms with Crippen LogP contribution in [0.4, 0.5) is 17.1 Å². The summed E-state index contributed by atoms with van der Waals surface area (Å²) in [5, 5.41) is 4.73. The molecule has 2 nitrogen and oxygen atoms in total. The lowest BCUT2D eigenvalue weighted by atomic mass is 9.93. The SMILES string of the molecule is c1ccc(-c2ccccc2N(c2ccc(-c3cccc4oc5ccccc5c34)cc2)c2cc(-c3cccc4ccccc34)ccc2-c2ccccc2)cc1. The van der Waals surface area contributed by atoms with Crippen molar-refractivity contribution in [1.82, 2.24) is 0 Å². The molecular weight excluding hydrogens is 655 g/mol. The molecule has 0 saturated heterocycles. The average Bonchev–Trinajstić information content (AvgIpc) is 3.64. The molecule has 0 N–H and O–H groups in total. The van der Waals surface area contributed by atoms with E-state index in [9.17, 15) is 0 Å². The molecule has 54 heavy (non-hydrogen) atoms. The van der Waals surface area contributed by atoms with Crippen molar-refractivity contribution < 1.29 is 4.42 Å². The third kappa shape index (κ3) is 5.53. The van der Waals surface area contributed by atoms with Crippen LogP contribution in [0, 0.1) is 0 Å². The molecule has 0 saturated carbocycles. The molecule has 0 spiro atoms. The van der Waals surface area contributed by atoms with E-state index in [4.69, 9.17) is 4.42 Å². The first-order valence-electron chi connectivity index (χ1n) is 18.4. The van der Waals surface area contributed by atoms with Crippen LogP contribution >= 0.6 is 0 Å². The minimum absolute atomic E-state index is 0.897. The number of hydrogen-bond acceptors (Lipinski definition) is 2. The van der Waals surface area contributed by atoms with E-state index < -0.39 is 0 Å². The number of para-hydroxylation sites is 2. The maximum Gasteiger partial charge on any atom is 0.136 e. The quantitative estimate of drug-likeness (QED) is 0.166. The first kappa shape index (κ1) is 31.6. The van der Waals surface area contributed by atoms with Crippen LogP contribution < -0.4 is 4.90 Å². The van der Waals surface area contributed by atoms with Gasteiger partial charge in [-0.1, -0.05) is 176 Å². The van der Waals surface area contributed by atoms with E-state index >= 15 is 0 Å². The molecule has 9 aromatic carbocycles. The summed E-state index contributed by atoms with van der Waals surface area (Å²) in [7, 11) is 0. The van der Waals surface area contributed by atoms with E-state index in [1.54, 1.807) is 0 Å². The molecule has 0 atom stereocenters. The molecule has 0 bridgehead atoms. The molecule has 10 rings (SSSR count). The van der Waals surface area contributed by atoms with Gasteiger partial charge in [0.2, 0.25) is 0 Å². The maximum atomic E-state index is 6.27. The minimum atomic E-state index is 0.897. The smallest absolute Gasteiger partial charge is 0.136 e. The van der Waals surface area contributed by atoms with Crippen molar-refractivity contribution in [2.45, 2.75) is 0 Å². The summed E-state index contributed by atoms with van der Waals surface area (Å²) in [4.78, 5) is 2.44. The highest BCUT2D eigenvalue weighted by Crippen LogP contribution is 2.47. The second-order valence-electron chi connectivity index (χ2n) is 13.7. The van der Waals surface area contributed by atoms with Gasteiger partial charge in [0.15, 0.2) is 0 Å². The Hall–Kier alpha value is -7.16. The Balaban J connectivity index is 1.22. The Kier molecular flexibility index (Phi) is 7.85. The zero-order chi connectivity index (χ0) is 35.8. The molecule has 0 aliphatic rings. The van der Waals surface area contributed by atoms with E-state index in [2.05, 4.69) is 205 Å². The first-order valence-corrected chi connectivity index (χ1v) is 18.4. The van der Waals surface area contributed by atoms with E-state index in [0.717, 1.165) is 66.8 Å². The topological polar surface area (TPSA) is 16.4 Å². The van der Waals surface area contributed by atoms with Crippen molar-refractivity contribution in [2.75, 3.05) is 4.90 Å². The fourth-order valence-corrected chi connectivity index (χ4v) is 7.97. The predicted molar refractivity (Wildman–Crippen MR) is 228 cm³/mol. The number of hydrogen-bond donors (Lipinski definition) is 0. The van der Waals surface area contributed by atoms with Crippen molar-refractivity contribution in [2.24, 2.45) is 0 Å². The predicted octanol–water partition coefficient (Wildman–Crippen LogP) is 14.9. The summed E-state index contributed by atoms with van der Waals surface area (Å²) in [5.41, 5.74) is 14.4. The van der Waals surface area contributed by atoms with Crippen LogP contribution in [0.1, 0.15) is 0 Å². The van der Waals surface area contributed by atoms with Crippen LogP contribution in [0.3, 0.4) is 0 Å². The molecular formula is C52H35NO. The number of nitrogens with zero attached hydrogens (tertiary/aromatic N) is 1. The van der Waals surface area contributed by atoms with Gasteiger partial charge >= 0.3 is 0 Å². The molecule has 1 heterocycles. The first-order chi connectivity index (χ1) is 26.8. The summed E-state index contributed by atoms with van der Waals surface area (Å²) in [6.45, 7) is 0. The van der Waals surface area contributed by atoms with Gasteiger partial charge in [-0.05, 0) is 80.6 Å². The zero-order valence-corrected chi connectivity index (χ0v) is 29.6. The lowest BCUT2D eigenvalue weighted by Crippen LogP contribution is -2.12. The fourth-order valence-electron chi connectivity index (χ4n) is 7.97. The van der Waals surface area contributed by atoms with Crippen LogP contribution in [0.15, 0.2) is 217 Å². The summed E-state index contributed by atoms with van der Waals surface area (Å²) < 4.78 is 6.27. The molecule has 0 aliphatic heterocycles. The van der Waals surface area contributed by atoms with E-state index in [1.807, 2.05) is 12.1 Å². The van der Waals surface area contributed by atoms with Gasteiger partial charge in [-0.3, -0.25) is 0 Å². The highest BCUT2D eigenvalue weighted by atomic mass is 16.3. The van der Waals surface area contributed by atoms with Gasteiger partial charge in [0.1, 0.15) is 11.2 Å². The number of fused-ring (bicyclic) bond motifs is 4. The number of rotatable bonds is 7. The number of anilines is 3. The number of benzene rings is 9. The molecule has 254 valence electrons. The van der Waals surface area contributed by atoms with Crippen LogP contribution in [0.5, 0.6) is 0 Å². The molecule has 1 aromatic heterocycles. The van der Waals surface area contributed by atoms with Gasteiger partial charge in [0.05, 0.1) is 11.4 Å². The van der Waals surface area contributed by atoms with E-state index in [1.165, 1.54) is 27.5 Å². The monoisotopic (exact) mass is 689 g/mol. The van der Waals surface area contributed by atoms with Crippen LogP contribution in [-0.2, 0) is 0 Å². The van der Waals surface area contributed by atoms with Gasteiger partial charge in [0, 0.05) is 27.6 Å². The van der Waals surface area contributed by atoms with Gasteiger partial charge in [-0.15, -0.1) is 0 Å². The Morgan fingerprint density at radius 1 is 0.315 bits per heavy atom. The van der Waals surface area contributed by atoms with Crippen molar-refractivity contribution in [3.8, 4) is 44.5 Å². The van der Waals surface area contributed by atoms with Gasteiger partial charge in [-0.25, -0.2) is 0 Å². The second kappa shape index (κ2) is 13.4. The minimum Gasteiger partial charge on any atom is -0.456 e. The summed E-state index contributed by atoms with van der Waals surface area (Å²) in [5.74, 6) is 0. The molecule has 0 unspecified atom stereocenters. The number of furan rings is 1. The van der Waals surface area contributed by atoms with Gasteiger partial charge in [0.25, 0.3) is 0 Å². The zero-order valence-electron chi connectivity index (χ0n) is 29.6. The van der Waals surface area contributed by atoms with Crippen molar-refractivity contribution in [3.05, 3.63) is 212 Å². The molecule has 2 heteroatoms. The van der Waals surface area contributed by atoms with E-state index in [0.29, 0.717) is 0 Å². The lowest BCUT2D eigenvalue weighted by molar-refractivity contribution is 0.669. The van der Waals surface area contributed by atoms with Crippen LogP contribution in [0.25, 0.3) is 77.2 Å². The highest BCUT2D eigenvalue weighted by Gasteiger charge is 2.22. The average molecular weight is 690 g/mol. The third-order valence-corrected chi connectivity index (χ3v) is 10.5. The standard InChI is InChI=1S/C52H35NO/c1-3-15-37(16-4-1)44-22-9-11-26-48(44)53(41-32-29-39(30-33-41)46-25-14-28-51-52(46)47-23-10-12-27-50(47)54-51)49-35-40(31-34-45(49)38-17-5-2-6-18-38)43-24-13-20-36-19-7-8-21-42(36)43/h1-35H.